The lowest BCUT2D eigenvalue weighted by molar-refractivity contribution is 0.443. The summed E-state index contributed by atoms with van der Waals surface area (Å²) in [7, 11) is -3.49. The third-order valence-electron chi connectivity index (χ3n) is 5.44. The minimum Gasteiger partial charge on any atom is -0.382 e. The number of nitrogens with two attached hydrogens (primary N) is 1. The van der Waals surface area contributed by atoms with E-state index in [0.29, 0.717) is 59.3 Å². The Balaban J connectivity index is 1.49. The van der Waals surface area contributed by atoms with Crippen LogP contribution in [0.2, 0.25) is 5.02 Å². The fraction of sp³-hybridized carbons (Fsp3) is 0.333. The van der Waals surface area contributed by atoms with Crippen LogP contribution in [-0.2, 0) is 16.6 Å². The number of sulfonamides is 1. The zero-order valence-corrected chi connectivity index (χ0v) is 15.5. The van der Waals surface area contributed by atoms with Gasteiger partial charge in [0, 0.05) is 24.2 Å². The minimum atomic E-state index is -3.49. The maximum Gasteiger partial charge on any atom is 0.243 e. The molecule has 5 rings (SSSR count). The first-order chi connectivity index (χ1) is 12.4. The van der Waals surface area contributed by atoms with Crippen molar-refractivity contribution < 1.29 is 8.42 Å². The highest BCUT2D eigenvalue weighted by Crippen LogP contribution is 2.46. The van der Waals surface area contributed by atoms with E-state index in [4.69, 9.17) is 17.3 Å². The van der Waals surface area contributed by atoms with Gasteiger partial charge in [0.1, 0.15) is 11.5 Å². The smallest absolute Gasteiger partial charge is 0.243 e. The molecule has 0 radical (unpaired) electrons. The molecule has 1 aromatic heterocycles. The lowest BCUT2D eigenvalue weighted by Crippen LogP contribution is -2.30. The lowest BCUT2D eigenvalue weighted by atomic mass is 10.1. The van der Waals surface area contributed by atoms with E-state index in [9.17, 15) is 8.42 Å². The van der Waals surface area contributed by atoms with Gasteiger partial charge in [-0.25, -0.2) is 13.4 Å². The van der Waals surface area contributed by atoms with Crippen molar-refractivity contribution in [3.63, 3.8) is 0 Å². The fourth-order valence-electron chi connectivity index (χ4n) is 3.80. The van der Waals surface area contributed by atoms with E-state index >= 15 is 0 Å². The van der Waals surface area contributed by atoms with E-state index in [0.717, 1.165) is 12.0 Å². The quantitative estimate of drug-likeness (QED) is 0.873. The Hall–Kier alpha value is -1.96. The molecule has 1 aromatic carbocycles. The number of hydrogen-bond acceptors (Lipinski definition) is 5. The summed E-state index contributed by atoms with van der Waals surface area (Å²) < 4.78 is 27.2. The lowest BCUT2D eigenvalue weighted by Gasteiger charge is -2.18. The standard InChI is InChI=1S/C18H17ClN4O2S/c19-15-6-13(26(24,25)23-8-11-5-12(11)9-23)2-3-14(15)16-4-1-10-7-21-18(20)17(10)22-16/h1-4,6,11-12H,5,7-9H2,(H2,20,21). The van der Waals surface area contributed by atoms with Crippen LogP contribution in [0, 0.1) is 11.8 Å². The van der Waals surface area contributed by atoms with Crippen molar-refractivity contribution >= 4 is 27.5 Å². The Morgan fingerprint density at radius 3 is 2.65 bits per heavy atom. The van der Waals surface area contributed by atoms with Gasteiger partial charge in [-0.1, -0.05) is 17.7 Å². The van der Waals surface area contributed by atoms with E-state index in [1.807, 2.05) is 12.1 Å². The molecule has 2 unspecified atom stereocenters. The van der Waals surface area contributed by atoms with E-state index < -0.39 is 10.0 Å². The number of piperidine rings is 1. The molecule has 2 fully saturated rings. The number of nitrogens with zero attached hydrogens (tertiary/aromatic N) is 3. The first kappa shape index (κ1) is 16.2. The largest absolute Gasteiger partial charge is 0.382 e. The monoisotopic (exact) mass is 388 g/mol. The number of aliphatic imine (C=N–C) groups is 1. The highest BCUT2D eigenvalue weighted by atomic mass is 35.5. The van der Waals surface area contributed by atoms with Crippen LogP contribution in [0.3, 0.4) is 0 Å². The molecule has 0 amide bonds. The summed E-state index contributed by atoms with van der Waals surface area (Å²) in [5, 5.41) is 0.358. The van der Waals surface area contributed by atoms with Gasteiger partial charge in [-0.15, -0.1) is 0 Å². The second kappa shape index (κ2) is 5.52. The zero-order chi connectivity index (χ0) is 18.1. The molecule has 1 saturated heterocycles. The molecule has 2 atom stereocenters. The highest BCUT2D eigenvalue weighted by molar-refractivity contribution is 7.89. The topological polar surface area (TPSA) is 88.6 Å². The van der Waals surface area contributed by atoms with E-state index in [1.165, 1.54) is 6.07 Å². The van der Waals surface area contributed by atoms with Gasteiger partial charge in [0.2, 0.25) is 10.0 Å². The van der Waals surface area contributed by atoms with Crippen molar-refractivity contribution in [2.75, 3.05) is 13.1 Å². The summed E-state index contributed by atoms with van der Waals surface area (Å²) in [6.07, 6.45) is 1.15. The maximum atomic E-state index is 12.8. The second-order valence-electron chi connectivity index (χ2n) is 7.13. The summed E-state index contributed by atoms with van der Waals surface area (Å²) in [5.41, 5.74) is 8.85. The highest BCUT2D eigenvalue weighted by Gasteiger charge is 2.49. The first-order valence-corrected chi connectivity index (χ1v) is 10.4. The van der Waals surface area contributed by atoms with E-state index in [1.54, 1.807) is 16.4 Å². The van der Waals surface area contributed by atoms with Crippen LogP contribution >= 0.6 is 11.6 Å². The second-order valence-corrected chi connectivity index (χ2v) is 9.47. The summed E-state index contributed by atoms with van der Waals surface area (Å²) in [6.45, 7) is 1.78. The minimum absolute atomic E-state index is 0.231. The van der Waals surface area contributed by atoms with Crippen LogP contribution in [0.5, 0.6) is 0 Å². The summed E-state index contributed by atoms with van der Waals surface area (Å²) in [6, 6.07) is 8.62. The number of benzene rings is 1. The Morgan fingerprint density at radius 1 is 1.15 bits per heavy atom. The molecule has 2 N–H and O–H groups in total. The van der Waals surface area contributed by atoms with Gasteiger partial charge in [-0.05, 0) is 42.5 Å². The maximum absolute atomic E-state index is 12.8. The average molecular weight is 389 g/mol. The van der Waals surface area contributed by atoms with Crippen LogP contribution < -0.4 is 5.73 Å². The SMILES string of the molecule is NC1=NCc2ccc(-c3ccc(S(=O)(=O)N4CC5CC5C4)cc3Cl)nc21. The number of rotatable bonds is 3. The molecule has 134 valence electrons. The summed E-state index contributed by atoms with van der Waals surface area (Å²) in [5.74, 6) is 1.51. The fourth-order valence-corrected chi connectivity index (χ4v) is 5.72. The number of hydrogen-bond donors (Lipinski definition) is 1. The van der Waals surface area contributed by atoms with Crippen LogP contribution in [0.1, 0.15) is 17.7 Å². The Kier molecular flexibility index (Phi) is 3.44. The van der Waals surface area contributed by atoms with Crippen LogP contribution in [0.25, 0.3) is 11.3 Å². The molecule has 6 nitrogen and oxygen atoms in total. The normalized spacial score (nSPS) is 24.3. The van der Waals surface area contributed by atoms with Crippen LogP contribution in [-0.4, -0.2) is 36.6 Å². The predicted octanol–water partition coefficient (Wildman–Crippen LogP) is 2.26. The average Bonchev–Trinajstić information content (AvgIpc) is 3.06. The number of fused-ring (bicyclic) bond motifs is 2. The van der Waals surface area contributed by atoms with Gasteiger partial charge in [-0.3, -0.25) is 4.99 Å². The van der Waals surface area contributed by atoms with Gasteiger partial charge in [-0.2, -0.15) is 4.31 Å². The molecule has 0 spiro atoms. The summed E-state index contributed by atoms with van der Waals surface area (Å²) in [4.78, 5) is 8.96. The van der Waals surface area contributed by atoms with Gasteiger partial charge in [0.25, 0.3) is 0 Å². The number of amidine groups is 1. The zero-order valence-electron chi connectivity index (χ0n) is 13.9. The van der Waals surface area contributed by atoms with Crippen LogP contribution in [0.15, 0.2) is 40.2 Å². The van der Waals surface area contributed by atoms with Crippen molar-refractivity contribution in [2.45, 2.75) is 17.9 Å². The molecule has 8 heteroatoms. The third kappa shape index (κ3) is 2.46. The molecule has 3 heterocycles. The van der Waals surface area contributed by atoms with E-state index in [-0.39, 0.29) is 4.90 Å². The molecule has 2 aromatic rings. The van der Waals surface area contributed by atoms with Crippen molar-refractivity contribution in [3.05, 3.63) is 46.6 Å². The molecule has 3 aliphatic rings. The molecular formula is C18H17ClN4O2S. The van der Waals surface area contributed by atoms with Gasteiger partial charge >= 0.3 is 0 Å². The number of halogens is 1. The molecule has 2 aliphatic heterocycles. The Labute approximate surface area is 156 Å². The predicted molar refractivity (Wildman–Crippen MR) is 99.5 cm³/mol. The van der Waals surface area contributed by atoms with Gasteiger partial charge in [0.05, 0.1) is 22.2 Å². The molecule has 0 bridgehead atoms. The number of pyridine rings is 1. The molecule has 26 heavy (non-hydrogen) atoms. The van der Waals surface area contributed by atoms with Gasteiger partial charge in [0.15, 0.2) is 0 Å². The molecular weight excluding hydrogens is 372 g/mol. The van der Waals surface area contributed by atoms with Gasteiger partial charge < -0.3 is 5.73 Å². The Morgan fingerprint density at radius 2 is 1.92 bits per heavy atom. The summed E-state index contributed by atoms with van der Waals surface area (Å²) >= 11 is 6.42. The van der Waals surface area contributed by atoms with E-state index in [2.05, 4.69) is 9.98 Å². The Bertz CT molecular complexity index is 1060. The molecule has 1 aliphatic carbocycles. The first-order valence-electron chi connectivity index (χ1n) is 8.54. The van der Waals surface area contributed by atoms with Crippen molar-refractivity contribution in [1.29, 1.82) is 0 Å². The third-order valence-corrected chi connectivity index (χ3v) is 7.58. The number of aromatic nitrogens is 1. The molecule has 1 saturated carbocycles. The van der Waals surface area contributed by atoms with Crippen molar-refractivity contribution in [1.82, 2.24) is 9.29 Å². The van der Waals surface area contributed by atoms with Crippen molar-refractivity contribution in [3.8, 4) is 11.3 Å². The van der Waals surface area contributed by atoms with Crippen LogP contribution in [0.4, 0.5) is 0 Å². The van der Waals surface area contributed by atoms with Crippen molar-refractivity contribution in [2.24, 2.45) is 22.6 Å².